The number of benzene rings is 2. The van der Waals surface area contributed by atoms with Gasteiger partial charge in [0.15, 0.2) is 0 Å². The van der Waals surface area contributed by atoms with Crippen LogP contribution >= 0.6 is 23.2 Å². The van der Waals surface area contributed by atoms with Crippen molar-refractivity contribution in [2.45, 2.75) is 26.4 Å². The fourth-order valence-corrected chi connectivity index (χ4v) is 3.90. The van der Waals surface area contributed by atoms with Crippen molar-refractivity contribution in [3.05, 3.63) is 82.4 Å². The molecule has 0 N–H and O–H groups in total. The van der Waals surface area contributed by atoms with E-state index >= 15 is 0 Å². The molecule has 0 saturated heterocycles. The van der Waals surface area contributed by atoms with E-state index in [1.807, 2.05) is 55.1 Å². The van der Waals surface area contributed by atoms with Gasteiger partial charge in [0.1, 0.15) is 5.75 Å². The third-order valence-electron chi connectivity index (χ3n) is 5.14. The predicted molar refractivity (Wildman–Crippen MR) is 127 cm³/mol. The molecule has 4 aromatic rings. The Bertz CT molecular complexity index is 1270. The van der Waals surface area contributed by atoms with Crippen molar-refractivity contribution in [2.24, 2.45) is 0 Å². The molecule has 4 rings (SSSR count). The topological polar surface area (TPSA) is 73.4 Å². The maximum atomic E-state index is 13.5. The third-order valence-corrected chi connectivity index (χ3v) is 5.78. The van der Waals surface area contributed by atoms with Crippen molar-refractivity contribution in [3.63, 3.8) is 0 Å². The quantitative estimate of drug-likeness (QED) is 0.326. The van der Waals surface area contributed by atoms with E-state index in [0.29, 0.717) is 44.4 Å². The highest BCUT2D eigenvalue weighted by atomic mass is 35.5. The van der Waals surface area contributed by atoms with Gasteiger partial charge >= 0.3 is 0 Å². The molecule has 0 spiro atoms. The van der Waals surface area contributed by atoms with Crippen LogP contribution in [0.25, 0.3) is 17.1 Å². The minimum Gasteiger partial charge on any atom is -0.496 e. The van der Waals surface area contributed by atoms with Crippen LogP contribution in [0.5, 0.6) is 5.75 Å². The minimum atomic E-state index is -0.264. The van der Waals surface area contributed by atoms with E-state index < -0.39 is 0 Å². The number of methoxy groups -OCH3 is 1. The first-order chi connectivity index (χ1) is 15.9. The zero-order chi connectivity index (χ0) is 23.5. The summed E-state index contributed by atoms with van der Waals surface area (Å²) in [7, 11) is 1.52. The number of nitrogens with zero attached hydrogens (tertiary/aromatic N) is 4. The van der Waals surface area contributed by atoms with Crippen LogP contribution in [0, 0.1) is 0 Å². The van der Waals surface area contributed by atoms with Gasteiger partial charge < -0.3 is 18.6 Å². The molecular formula is C24H22Cl2N4O3. The molecule has 0 aliphatic rings. The zero-order valence-electron chi connectivity index (χ0n) is 18.3. The van der Waals surface area contributed by atoms with Gasteiger partial charge in [-0.3, -0.25) is 4.79 Å². The van der Waals surface area contributed by atoms with E-state index in [2.05, 4.69) is 10.2 Å². The minimum absolute atomic E-state index is 0.119. The first kappa shape index (κ1) is 22.9. The Labute approximate surface area is 201 Å². The molecule has 0 saturated carbocycles. The monoisotopic (exact) mass is 484 g/mol. The molecule has 0 atom stereocenters. The van der Waals surface area contributed by atoms with Crippen molar-refractivity contribution in [3.8, 4) is 22.9 Å². The molecule has 170 valence electrons. The van der Waals surface area contributed by atoms with Crippen molar-refractivity contribution >= 4 is 29.1 Å². The van der Waals surface area contributed by atoms with Crippen LogP contribution < -0.4 is 4.74 Å². The Kier molecular flexibility index (Phi) is 6.72. The lowest BCUT2D eigenvalue weighted by Crippen LogP contribution is -2.36. The van der Waals surface area contributed by atoms with Gasteiger partial charge in [0.2, 0.25) is 11.8 Å². The standard InChI is InChI=1S/C24H22Cl2N4O3/c1-15(2)30(14-22-27-28-23(33-22)16-8-4-5-9-18(16)25)24(31)17-12-19(26)20(13-21(17)32-3)29-10-6-7-11-29/h4-13,15H,14H2,1-3H3. The number of ether oxygens (including phenoxy) is 1. The lowest BCUT2D eigenvalue weighted by atomic mass is 10.1. The number of aromatic nitrogens is 3. The van der Waals surface area contributed by atoms with Crippen molar-refractivity contribution < 1.29 is 13.9 Å². The van der Waals surface area contributed by atoms with E-state index in [4.69, 9.17) is 32.4 Å². The maximum Gasteiger partial charge on any atom is 0.258 e. The van der Waals surface area contributed by atoms with Crippen molar-refractivity contribution in [1.29, 1.82) is 0 Å². The number of rotatable bonds is 7. The van der Waals surface area contributed by atoms with E-state index in [0.717, 1.165) is 0 Å². The lowest BCUT2D eigenvalue weighted by Gasteiger charge is -2.26. The van der Waals surface area contributed by atoms with E-state index in [9.17, 15) is 4.79 Å². The largest absolute Gasteiger partial charge is 0.496 e. The summed E-state index contributed by atoms with van der Waals surface area (Å²) in [5.41, 5.74) is 1.69. The second-order valence-corrected chi connectivity index (χ2v) is 8.42. The second-order valence-electron chi connectivity index (χ2n) is 7.60. The van der Waals surface area contributed by atoms with Crippen LogP contribution in [0.2, 0.25) is 10.0 Å². The van der Waals surface area contributed by atoms with Gasteiger partial charge in [-0.15, -0.1) is 10.2 Å². The molecule has 33 heavy (non-hydrogen) atoms. The first-order valence-electron chi connectivity index (χ1n) is 10.3. The molecule has 2 aromatic heterocycles. The highest BCUT2D eigenvalue weighted by Gasteiger charge is 2.26. The molecule has 0 bridgehead atoms. The highest BCUT2D eigenvalue weighted by molar-refractivity contribution is 6.33. The van der Waals surface area contributed by atoms with E-state index in [1.165, 1.54) is 7.11 Å². The lowest BCUT2D eigenvalue weighted by molar-refractivity contribution is 0.0669. The van der Waals surface area contributed by atoms with Gasteiger partial charge in [-0.25, -0.2) is 0 Å². The van der Waals surface area contributed by atoms with Crippen LogP contribution in [0.15, 0.2) is 65.3 Å². The highest BCUT2D eigenvalue weighted by Crippen LogP contribution is 2.32. The third kappa shape index (κ3) is 4.74. The van der Waals surface area contributed by atoms with Gasteiger partial charge in [-0.05, 0) is 44.2 Å². The smallest absolute Gasteiger partial charge is 0.258 e. The Balaban J connectivity index is 1.63. The Morgan fingerprint density at radius 3 is 2.48 bits per heavy atom. The van der Waals surface area contributed by atoms with Gasteiger partial charge in [0.25, 0.3) is 5.91 Å². The molecule has 0 aliphatic carbocycles. The Morgan fingerprint density at radius 2 is 1.82 bits per heavy atom. The number of halogens is 2. The molecule has 7 nitrogen and oxygen atoms in total. The summed E-state index contributed by atoms with van der Waals surface area (Å²) in [5, 5.41) is 9.14. The first-order valence-corrected chi connectivity index (χ1v) is 11.0. The average Bonchev–Trinajstić information content (AvgIpc) is 3.49. The molecule has 0 aliphatic heterocycles. The van der Waals surface area contributed by atoms with Crippen molar-refractivity contribution in [2.75, 3.05) is 7.11 Å². The molecule has 2 heterocycles. The van der Waals surface area contributed by atoms with E-state index in [-0.39, 0.29) is 18.5 Å². The number of carbonyl (C=O) groups excluding carboxylic acids is 1. The van der Waals surface area contributed by atoms with Gasteiger partial charge in [0.05, 0.1) is 40.5 Å². The van der Waals surface area contributed by atoms with Crippen LogP contribution in [-0.4, -0.2) is 38.7 Å². The zero-order valence-corrected chi connectivity index (χ0v) is 19.8. The van der Waals surface area contributed by atoms with Gasteiger partial charge in [0, 0.05) is 24.5 Å². The number of amides is 1. The van der Waals surface area contributed by atoms with Crippen LogP contribution in [0.1, 0.15) is 30.1 Å². The Morgan fingerprint density at radius 1 is 1.09 bits per heavy atom. The number of hydrogen-bond acceptors (Lipinski definition) is 5. The summed E-state index contributed by atoms with van der Waals surface area (Å²) < 4.78 is 13.2. The molecule has 9 heteroatoms. The van der Waals surface area contributed by atoms with Crippen molar-refractivity contribution in [1.82, 2.24) is 19.7 Å². The summed E-state index contributed by atoms with van der Waals surface area (Å²) in [4.78, 5) is 15.1. The molecule has 2 aromatic carbocycles. The summed E-state index contributed by atoms with van der Waals surface area (Å²) >= 11 is 12.8. The fraction of sp³-hybridized carbons (Fsp3) is 0.208. The van der Waals surface area contributed by atoms with Crippen LogP contribution in [0.4, 0.5) is 0 Å². The summed E-state index contributed by atoms with van der Waals surface area (Å²) in [5.74, 6) is 0.741. The number of carbonyl (C=O) groups is 1. The summed E-state index contributed by atoms with van der Waals surface area (Å²) in [6, 6.07) is 14.2. The average molecular weight is 485 g/mol. The fourth-order valence-electron chi connectivity index (χ4n) is 3.42. The second kappa shape index (κ2) is 9.68. The van der Waals surface area contributed by atoms with Gasteiger partial charge in [-0.1, -0.05) is 35.3 Å². The maximum absolute atomic E-state index is 13.5. The molecule has 1 amide bonds. The molecular weight excluding hydrogens is 463 g/mol. The number of hydrogen-bond donors (Lipinski definition) is 0. The normalized spacial score (nSPS) is 11.1. The van der Waals surface area contributed by atoms with Crippen LogP contribution in [-0.2, 0) is 6.54 Å². The van der Waals surface area contributed by atoms with Gasteiger partial charge in [-0.2, -0.15) is 0 Å². The predicted octanol–water partition coefficient (Wildman–Crippen LogP) is 5.89. The Hall–Kier alpha value is -3.29. The molecule has 0 unspecified atom stereocenters. The molecule has 0 radical (unpaired) electrons. The van der Waals surface area contributed by atoms with Crippen LogP contribution in [0.3, 0.4) is 0 Å². The molecule has 0 fully saturated rings. The summed E-state index contributed by atoms with van der Waals surface area (Å²) in [6.45, 7) is 3.94. The SMILES string of the molecule is COc1cc(-n2cccc2)c(Cl)cc1C(=O)N(Cc1nnc(-c2ccccc2Cl)o1)C(C)C. The van der Waals surface area contributed by atoms with E-state index in [1.54, 1.807) is 29.2 Å². The summed E-state index contributed by atoms with van der Waals surface area (Å²) in [6.07, 6.45) is 3.74.